The Morgan fingerprint density at radius 2 is 2.06 bits per heavy atom. The van der Waals surface area contributed by atoms with E-state index >= 15 is 0 Å². The monoisotopic (exact) mass is 436 g/mol. The number of nitrogens with two attached hydrogens (primary N) is 2. The van der Waals surface area contributed by atoms with Gasteiger partial charge in [-0.2, -0.15) is 5.26 Å². The normalized spacial score (nSPS) is 32.5. The predicted octanol–water partition coefficient (Wildman–Crippen LogP) is -0.0281. The van der Waals surface area contributed by atoms with Crippen LogP contribution < -0.4 is 11.5 Å². The van der Waals surface area contributed by atoms with Crippen LogP contribution in [-0.4, -0.2) is 75.7 Å². The molecule has 1 saturated carbocycles. The molecule has 3 heterocycles. The van der Waals surface area contributed by atoms with Crippen LogP contribution in [0.5, 0.6) is 0 Å². The van der Waals surface area contributed by atoms with Gasteiger partial charge in [0.05, 0.1) is 24.2 Å². The van der Waals surface area contributed by atoms with Gasteiger partial charge in [0, 0.05) is 30.7 Å². The fourth-order valence-electron chi connectivity index (χ4n) is 5.92. The number of rotatable bonds is 6. The van der Waals surface area contributed by atoms with Crippen LogP contribution in [0.4, 0.5) is 0 Å². The highest BCUT2D eigenvalue weighted by molar-refractivity contribution is 5.93. The molecule has 9 nitrogen and oxygen atoms in total. The first-order valence-corrected chi connectivity index (χ1v) is 11.2. The zero-order valence-electron chi connectivity index (χ0n) is 18.1. The zero-order valence-corrected chi connectivity index (χ0v) is 18.1. The topological polar surface area (TPSA) is 137 Å². The van der Waals surface area contributed by atoms with Crippen molar-refractivity contribution >= 4 is 17.7 Å². The van der Waals surface area contributed by atoms with E-state index < -0.39 is 11.9 Å². The summed E-state index contributed by atoms with van der Waals surface area (Å²) in [6.45, 7) is 2.93. The first kappa shape index (κ1) is 20.9. The molecule has 5 rings (SSSR count). The molecule has 1 aliphatic carbocycles. The largest absolute Gasteiger partial charge is 0.366 e. The number of nitrogens with zero attached hydrogens (tertiary/aromatic N) is 4. The molecule has 4 aliphatic rings. The van der Waals surface area contributed by atoms with Crippen LogP contribution >= 0.6 is 0 Å². The Hall–Kier alpha value is -2.96. The van der Waals surface area contributed by atoms with Gasteiger partial charge in [0.1, 0.15) is 6.04 Å². The molecule has 9 heteroatoms. The van der Waals surface area contributed by atoms with Gasteiger partial charge in [-0.25, -0.2) is 0 Å². The highest BCUT2D eigenvalue weighted by Crippen LogP contribution is 2.48. The van der Waals surface area contributed by atoms with Crippen LogP contribution in [0.2, 0.25) is 0 Å². The number of nitriles is 1. The summed E-state index contributed by atoms with van der Waals surface area (Å²) in [6, 6.07) is 7.93. The SMILES string of the molecule is C[C@H](c1cccc(C(N)=O)c1)N1C(=O)[C@H]2C[C@@H]1CN2C[C@H](N)C(=O)N1C2C[C@H]2C[C@H]1C#N. The first-order valence-electron chi connectivity index (χ1n) is 11.2. The quantitative estimate of drug-likeness (QED) is 0.643. The van der Waals surface area contributed by atoms with E-state index in [0.29, 0.717) is 31.0 Å². The molecule has 3 saturated heterocycles. The second-order valence-electron chi connectivity index (χ2n) is 9.57. The Balaban J connectivity index is 1.24. The lowest BCUT2D eigenvalue weighted by Gasteiger charge is -2.38. The highest BCUT2D eigenvalue weighted by atomic mass is 16.2. The average Bonchev–Trinajstić information content (AvgIpc) is 3.11. The zero-order chi connectivity index (χ0) is 22.7. The van der Waals surface area contributed by atoms with Crippen molar-refractivity contribution in [3.8, 4) is 6.07 Å². The minimum Gasteiger partial charge on any atom is -0.366 e. The van der Waals surface area contributed by atoms with Crippen molar-refractivity contribution in [1.29, 1.82) is 5.26 Å². The maximum Gasteiger partial charge on any atom is 0.248 e. The predicted molar refractivity (Wildman–Crippen MR) is 115 cm³/mol. The summed E-state index contributed by atoms with van der Waals surface area (Å²) in [7, 11) is 0. The maximum atomic E-state index is 13.2. The molecule has 1 aromatic rings. The third-order valence-electron chi connectivity index (χ3n) is 7.64. The number of piperidine rings is 1. The number of piperazine rings is 1. The summed E-state index contributed by atoms with van der Waals surface area (Å²) in [5, 5.41) is 9.36. The standard InChI is InChI=1S/C23H28N6O3/c1-12(13-3-2-4-14(5-13)21(26)30)28-17-8-20(23(28)32)27(10-17)11-18(25)22(31)29-16(9-24)6-15-7-19(15)29/h2-5,12,15-20H,6-8,10-11,25H2,1H3,(H2,26,30)/t12-,15-,16+,17-,18+,19?,20-/m1/s1. The lowest BCUT2D eigenvalue weighted by molar-refractivity contribution is -0.141. The number of carbonyl (C=O) groups is 3. The Morgan fingerprint density at radius 1 is 1.28 bits per heavy atom. The second-order valence-corrected chi connectivity index (χ2v) is 9.57. The molecule has 168 valence electrons. The van der Waals surface area contributed by atoms with Crippen molar-refractivity contribution in [2.24, 2.45) is 17.4 Å². The highest BCUT2D eigenvalue weighted by Gasteiger charge is 2.56. The number of likely N-dealkylation sites (tertiary alicyclic amines) is 3. The van der Waals surface area contributed by atoms with Gasteiger partial charge in [0.15, 0.2) is 0 Å². The number of hydrogen-bond donors (Lipinski definition) is 2. The minimum absolute atomic E-state index is 0.0243. The first-order chi connectivity index (χ1) is 15.3. The molecule has 4 fully saturated rings. The van der Waals surface area contributed by atoms with E-state index in [1.807, 2.05) is 22.8 Å². The van der Waals surface area contributed by atoms with Crippen LogP contribution in [0.3, 0.4) is 0 Å². The molecule has 1 unspecified atom stereocenters. The molecule has 4 N–H and O–H groups in total. The van der Waals surface area contributed by atoms with Crippen LogP contribution in [-0.2, 0) is 9.59 Å². The van der Waals surface area contributed by atoms with Crippen LogP contribution in [0, 0.1) is 17.2 Å². The fourth-order valence-corrected chi connectivity index (χ4v) is 5.92. The Bertz CT molecular complexity index is 1020. The summed E-state index contributed by atoms with van der Waals surface area (Å²) < 4.78 is 0. The van der Waals surface area contributed by atoms with Gasteiger partial charge in [-0.1, -0.05) is 12.1 Å². The van der Waals surface area contributed by atoms with Crippen molar-refractivity contribution < 1.29 is 14.4 Å². The van der Waals surface area contributed by atoms with Crippen LogP contribution in [0.25, 0.3) is 0 Å². The van der Waals surface area contributed by atoms with E-state index in [1.165, 1.54) is 0 Å². The lowest BCUT2D eigenvalue weighted by Crippen LogP contribution is -2.57. The summed E-state index contributed by atoms with van der Waals surface area (Å²) in [5.41, 5.74) is 13.0. The summed E-state index contributed by atoms with van der Waals surface area (Å²) in [6.07, 6.45) is 2.42. The van der Waals surface area contributed by atoms with Crippen molar-refractivity contribution in [1.82, 2.24) is 14.7 Å². The molecular weight excluding hydrogens is 408 g/mol. The van der Waals surface area contributed by atoms with E-state index in [2.05, 4.69) is 6.07 Å². The van der Waals surface area contributed by atoms with Gasteiger partial charge in [0.2, 0.25) is 17.7 Å². The molecule has 0 spiro atoms. The number of carbonyl (C=O) groups excluding carboxylic acids is 3. The van der Waals surface area contributed by atoms with Gasteiger partial charge in [-0.3, -0.25) is 19.3 Å². The maximum absolute atomic E-state index is 13.2. The van der Waals surface area contributed by atoms with Crippen molar-refractivity contribution in [2.45, 2.75) is 62.4 Å². The minimum atomic E-state index is -0.740. The second kappa shape index (κ2) is 7.57. The third kappa shape index (κ3) is 3.26. The molecule has 1 aromatic carbocycles. The van der Waals surface area contributed by atoms with E-state index in [9.17, 15) is 19.6 Å². The van der Waals surface area contributed by atoms with Crippen LogP contribution in [0.1, 0.15) is 48.1 Å². The molecule has 3 aliphatic heterocycles. The molecule has 0 aromatic heterocycles. The van der Waals surface area contributed by atoms with Crippen molar-refractivity contribution in [2.75, 3.05) is 13.1 Å². The van der Waals surface area contributed by atoms with Gasteiger partial charge >= 0.3 is 0 Å². The Morgan fingerprint density at radius 3 is 2.75 bits per heavy atom. The number of benzene rings is 1. The van der Waals surface area contributed by atoms with E-state index in [-0.39, 0.29) is 42.0 Å². The van der Waals surface area contributed by atoms with Crippen molar-refractivity contribution in [3.63, 3.8) is 0 Å². The van der Waals surface area contributed by atoms with Gasteiger partial charge in [0.25, 0.3) is 0 Å². The van der Waals surface area contributed by atoms with Gasteiger partial charge < -0.3 is 21.3 Å². The van der Waals surface area contributed by atoms with Gasteiger partial charge in [-0.05, 0) is 49.8 Å². The number of fused-ring (bicyclic) bond motifs is 3. The van der Waals surface area contributed by atoms with E-state index in [4.69, 9.17) is 11.5 Å². The molecule has 2 bridgehead atoms. The van der Waals surface area contributed by atoms with Crippen LogP contribution in [0.15, 0.2) is 24.3 Å². The molecule has 32 heavy (non-hydrogen) atoms. The Labute approximate surface area is 186 Å². The number of amides is 3. The smallest absolute Gasteiger partial charge is 0.248 e. The average molecular weight is 437 g/mol. The third-order valence-corrected chi connectivity index (χ3v) is 7.64. The summed E-state index contributed by atoms with van der Waals surface area (Å²) >= 11 is 0. The summed E-state index contributed by atoms with van der Waals surface area (Å²) in [4.78, 5) is 43.3. The van der Waals surface area contributed by atoms with E-state index in [0.717, 1.165) is 18.4 Å². The number of primary amides is 1. The fraction of sp³-hybridized carbons (Fsp3) is 0.565. The Kier molecular flexibility index (Phi) is 4.95. The molecule has 0 radical (unpaired) electrons. The van der Waals surface area contributed by atoms with E-state index in [1.54, 1.807) is 23.1 Å². The molecule has 7 atom stereocenters. The van der Waals surface area contributed by atoms with Crippen molar-refractivity contribution in [3.05, 3.63) is 35.4 Å². The molecular formula is C23H28N6O3. The number of hydrogen-bond acceptors (Lipinski definition) is 6. The summed E-state index contributed by atoms with van der Waals surface area (Å²) in [5.74, 6) is -0.197. The van der Waals surface area contributed by atoms with Gasteiger partial charge in [-0.15, -0.1) is 0 Å². The lowest BCUT2D eigenvalue weighted by atomic mass is 10.0. The molecule has 3 amide bonds.